The zero-order valence-electron chi connectivity index (χ0n) is 12.0. The van der Waals surface area contributed by atoms with Crippen LogP contribution in [0.25, 0.3) is 0 Å². The summed E-state index contributed by atoms with van der Waals surface area (Å²) in [6, 6.07) is 12.7. The van der Waals surface area contributed by atoms with Crippen molar-refractivity contribution in [3.05, 3.63) is 58.9 Å². The van der Waals surface area contributed by atoms with Gasteiger partial charge in [0.25, 0.3) is 0 Å². The lowest BCUT2D eigenvalue weighted by Crippen LogP contribution is -2.06. The van der Waals surface area contributed by atoms with E-state index >= 15 is 0 Å². The summed E-state index contributed by atoms with van der Waals surface area (Å²) >= 11 is 0. The van der Waals surface area contributed by atoms with Gasteiger partial charge in [0.05, 0.1) is 12.2 Å². The van der Waals surface area contributed by atoms with Crippen LogP contribution in [0.3, 0.4) is 0 Å². The number of benzene rings is 1. The summed E-state index contributed by atoms with van der Waals surface area (Å²) < 4.78 is 0. The Kier molecular flexibility index (Phi) is 4.56. The number of nitrogens with one attached hydrogen (secondary N) is 1. The molecule has 0 aliphatic carbocycles. The number of para-hydroxylation sites is 1. The highest BCUT2D eigenvalue weighted by Gasteiger charge is 2.06. The van der Waals surface area contributed by atoms with E-state index in [4.69, 9.17) is 0 Å². The standard InChI is InChI=1S/C17H22N2/c1-4-14-9-7-10-15(5-2)17(14)18-12-16-11-6-8-13(3)19-16/h6-11,18H,4-5,12H2,1-3H3. The number of nitrogens with zero attached hydrogens (tertiary/aromatic N) is 1. The summed E-state index contributed by atoms with van der Waals surface area (Å²) in [5, 5.41) is 3.56. The Bertz CT molecular complexity index is 524. The van der Waals surface area contributed by atoms with E-state index in [1.165, 1.54) is 16.8 Å². The second-order valence-corrected chi connectivity index (χ2v) is 4.78. The van der Waals surface area contributed by atoms with Crippen LogP contribution in [0.1, 0.15) is 36.4 Å². The third-order valence-corrected chi connectivity index (χ3v) is 3.39. The highest BCUT2D eigenvalue weighted by Crippen LogP contribution is 2.23. The number of aromatic nitrogens is 1. The molecule has 0 aliphatic heterocycles. The molecule has 19 heavy (non-hydrogen) atoms. The Morgan fingerprint density at radius 3 is 2.16 bits per heavy atom. The van der Waals surface area contributed by atoms with Crippen LogP contribution in [0.5, 0.6) is 0 Å². The summed E-state index contributed by atoms with van der Waals surface area (Å²) in [4.78, 5) is 4.54. The Hall–Kier alpha value is -1.83. The first-order chi connectivity index (χ1) is 9.24. The predicted molar refractivity (Wildman–Crippen MR) is 81.5 cm³/mol. The van der Waals surface area contributed by atoms with Crippen LogP contribution < -0.4 is 5.32 Å². The molecule has 0 spiro atoms. The first-order valence-electron chi connectivity index (χ1n) is 7.01. The van der Waals surface area contributed by atoms with Gasteiger partial charge in [-0.15, -0.1) is 0 Å². The van der Waals surface area contributed by atoms with E-state index in [-0.39, 0.29) is 0 Å². The number of pyridine rings is 1. The van der Waals surface area contributed by atoms with E-state index in [1.54, 1.807) is 0 Å². The van der Waals surface area contributed by atoms with Crippen molar-refractivity contribution in [1.82, 2.24) is 4.98 Å². The maximum absolute atomic E-state index is 4.54. The molecule has 2 nitrogen and oxygen atoms in total. The van der Waals surface area contributed by atoms with Crippen molar-refractivity contribution in [3.8, 4) is 0 Å². The molecule has 0 unspecified atom stereocenters. The highest BCUT2D eigenvalue weighted by molar-refractivity contribution is 5.58. The van der Waals surface area contributed by atoms with Gasteiger partial charge < -0.3 is 5.32 Å². The molecular formula is C17H22N2. The topological polar surface area (TPSA) is 24.9 Å². The van der Waals surface area contributed by atoms with E-state index < -0.39 is 0 Å². The lowest BCUT2D eigenvalue weighted by atomic mass is 10.0. The highest BCUT2D eigenvalue weighted by atomic mass is 14.9. The smallest absolute Gasteiger partial charge is 0.0597 e. The van der Waals surface area contributed by atoms with Gasteiger partial charge in [-0.25, -0.2) is 0 Å². The SMILES string of the molecule is CCc1cccc(CC)c1NCc1cccc(C)n1. The maximum Gasteiger partial charge on any atom is 0.0597 e. The van der Waals surface area contributed by atoms with Gasteiger partial charge in [0.1, 0.15) is 0 Å². The van der Waals surface area contributed by atoms with E-state index in [2.05, 4.69) is 54.5 Å². The first-order valence-corrected chi connectivity index (χ1v) is 7.01. The van der Waals surface area contributed by atoms with Crippen molar-refractivity contribution >= 4 is 5.69 Å². The first kappa shape index (κ1) is 13.6. The van der Waals surface area contributed by atoms with Gasteiger partial charge >= 0.3 is 0 Å². The molecule has 0 amide bonds. The van der Waals surface area contributed by atoms with Gasteiger partial charge in [0, 0.05) is 11.4 Å². The molecule has 1 heterocycles. The molecule has 1 aromatic heterocycles. The molecule has 0 saturated carbocycles. The number of hydrogen-bond donors (Lipinski definition) is 1. The van der Waals surface area contributed by atoms with E-state index in [1.807, 2.05) is 13.0 Å². The van der Waals surface area contributed by atoms with Crippen molar-refractivity contribution in [2.45, 2.75) is 40.2 Å². The van der Waals surface area contributed by atoms with Crippen LogP contribution in [-0.4, -0.2) is 4.98 Å². The van der Waals surface area contributed by atoms with Crippen molar-refractivity contribution in [2.24, 2.45) is 0 Å². The van der Waals surface area contributed by atoms with Gasteiger partial charge in [-0.05, 0) is 43.0 Å². The van der Waals surface area contributed by atoms with Gasteiger partial charge in [0.15, 0.2) is 0 Å². The minimum absolute atomic E-state index is 0.783. The van der Waals surface area contributed by atoms with Crippen molar-refractivity contribution in [3.63, 3.8) is 0 Å². The number of aryl methyl sites for hydroxylation is 3. The minimum Gasteiger partial charge on any atom is -0.379 e. The maximum atomic E-state index is 4.54. The summed E-state index contributed by atoms with van der Waals surface area (Å²) in [5.41, 5.74) is 6.21. The van der Waals surface area contributed by atoms with E-state index in [0.29, 0.717) is 0 Å². The summed E-state index contributed by atoms with van der Waals surface area (Å²) in [6.45, 7) is 7.21. The Balaban J connectivity index is 2.19. The summed E-state index contributed by atoms with van der Waals surface area (Å²) in [7, 11) is 0. The molecule has 0 radical (unpaired) electrons. The third kappa shape index (κ3) is 3.34. The molecule has 0 aliphatic rings. The number of hydrogen-bond acceptors (Lipinski definition) is 2. The van der Waals surface area contributed by atoms with Crippen LogP contribution in [0, 0.1) is 6.92 Å². The fourth-order valence-electron chi connectivity index (χ4n) is 2.35. The Morgan fingerprint density at radius 1 is 0.947 bits per heavy atom. The van der Waals surface area contributed by atoms with Crippen LogP contribution in [-0.2, 0) is 19.4 Å². The van der Waals surface area contributed by atoms with Gasteiger partial charge in [-0.2, -0.15) is 0 Å². The minimum atomic E-state index is 0.783. The predicted octanol–water partition coefficient (Wildman–Crippen LogP) is 4.13. The molecule has 100 valence electrons. The van der Waals surface area contributed by atoms with E-state index in [9.17, 15) is 0 Å². The monoisotopic (exact) mass is 254 g/mol. The molecule has 0 atom stereocenters. The third-order valence-electron chi connectivity index (χ3n) is 3.39. The summed E-state index contributed by atoms with van der Waals surface area (Å²) in [6.07, 6.45) is 2.11. The lowest BCUT2D eigenvalue weighted by molar-refractivity contribution is 0.993. The van der Waals surface area contributed by atoms with E-state index in [0.717, 1.165) is 30.8 Å². The average molecular weight is 254 g/mol. The largest absolute Gasteiger partial charge is 0.379 e. The Morgan fingerprint density at radius 2 is 1.58 bits per heavy atom. The Labute approximate surface area is 115 Å². The number of anilines is 1. The zero-order chi connectivity index (χ0) is 13.7. The fraction of sp³-hybridized carbons (Fsp3) is 0.353. The van der Waals surface area contributed by atoms with Gasteiger partial charge in [-0.1, -0.05) is 38.1 Å². The molecule has 2 heteroatoms. The lowest BCUT2D eigenvalue weighted by Gasteiger charge is -2.15. The van der Waals surface area contributed by atoms with Crippen LogP contribution in [0.15, 0.2) is 36.4 Å². The molecule has 0 bridgehead atoms. The fourth-order valence-corrected chi connectivity index (χ4v) is 2.35. The molecular weight excluding hydrogens is 232 g/mol. The van der Waals surface area contributed by atoms with Crippen molar-refractivity contribution in [1.29, 1.82) is 0 Å². The quantitative estimate of drug-likeness (QED) is 0.868. The molecule has 1 aromatic carbocycles. The van der Waals surface area contributed by atoms with Crippen molar-refractivity contribution in [2.75, 3.05) is 5.32 Å². The molecule has 1 N–H and O–H groups in total. The summed E-state index contributed by atoms with van der Waals surface area (Å²) in [5.74, 6) is 0. The zero-order valence-corrected chi connectivity index (χ0v) is 12.0. The van der Waals surface area contributed by atoms with Crippen molar-refractivity contribution < 1.29 is 0 Å². The second-order valence-electron chi connectivity index (χ2n) is 4.78. The molecule has 2 aromatic rings. The van der Waals surface area contributed by atoms with Crippen LogP contribution >= 0.6 is 0 Å². The molecule has 0 fully saturated rings. The van der Waals surface area contributed by atoms with Crippen LogP contribution in [0.2, 0.25) is 0 Å². The average Bonchev–Trinajstić information content (AvgIpc) is 2.44. The second kappa shape index (κ2) is 6.37. The van der Waals surface area contributed by atoms with Gasteiger partial charge in [-0.3, -0.25) is 4.98 Å². The number of rotatable bonds is 5. The van der Waals surface area contributed by atoms with Crippen LogP contribution in [0.4, 0.5) is 5.69 Å². The molecule has 2 rings (SSSR count). The molecule has 0 saturated heterocycles. The normalized spacial score (nSPS) is 10.5. The van der Waals surface area contributed by atoms with Gasteiger partial charge in [0.2, 0.25) is 0 Å².